The van der Waals surface area contributed by atoms with Crippen molar-refractivity contribution in [2.45, 2.75) is 25.4 Å². The lowest BCUT2D eigenvalue weighted by molar-refractivity contribution is 0.0589. The van der Waals surface area contributed by atoms with Gasteiger partial charge in [0, 0.05) is 13.0 Å². The first-order valence-electron chi connectivity index (χ1n) is 6.94. The van der Waals surface area contributed by atoms with E-state index < -0.39 is 0 Å². The molecule has 0 aliphatic carbocycles. The Labute approximate surface area is 126 Å². The number of benzene rings is 1. The van der Waals surface area contributed by atoms with Crippen LogP contribution < -0.4 is 4.74 Å². The topological polar surface area (TPSA) is 34.1 Å². The molecule has 2 aliphatic heterocycles. The molecule has 0 bridgehead atoms. The molecule has 0 aromatic heterocycles. The number of nitrogens with zero attached hydrogens (tertiary/aromatic N) is 2. The Kier molecular flexibility index (Phi) is 5.26. The maximum Gasteiger partial charge on any atom is 0.145 e. The third kappa shape index (κ3) is 3.44. The molecule has 2 heterocycles. The Morgan fingerprint density at radius 1 is 1.25 bits per heavy atom. The molecule has 20 heavy (non-hydrogen) atoms. The van der Waals surface area contributed by atoms with E-state index in [4.69, 9.17) is 9.57 Å². The predicted molar refractivity (Wildman–Crippen MR) is 81.9 cm³/mol. The zero-order chi connectivity index (χ0) is 13.1. The van der Waals surface area contributed by atoms with Crippen LogP contribution in [0.15, 0.2) is 29.4 Å². The van der Waals surface area contributed by atoms with E-state index in [0.29, 0.717) is 0 Å². The van der Waals surface area contributed by atoms with E-state index in [1.807, 2.05) is 24.3 Å². The molecular formula is C15H21ClN2O2. The van der Waals surface area contributed by atoms with Gasteiger partial charge in [-0.3, -0.25) is 4.90 Å². The monoisotopic (exact) mass is 296 g/mol. The average Bonchev–Trinajstić information content (AvgIpc) is 3.11. The van der Waals surface area contributed by atoms with Crippen molar-refractivity contribution in [2.24, 2.45) is 5.16 Å². The molecule has 1 unspecified atom stereocenters. The summed E-state index contributed by atoms with van der Waals surface area (Å²) < 4.78 is 5.16. The van der Waals surface area contributed by atoms with Gasteiger partial charge < -0.3 is 9.57 Å². The van der Waals surface area contributed by atoms with Gasteiger partial charge in [-0.2, -0.15) is 0 Å². The molecule has 5 heteroatoms. The number of likely N-dealkylation sites (tertiary alicyclic amines) is 1. The predicted octanol–water partition coefficient (Wildman–Crippen LogP) is 2.71. The minimum Gasteiger partial charge on any atom is -0.497 e. The molecule has 0 radical (unpaired) electrons. The molecule has 0 N–H and O–H groups in total. The second-order valence-corrected chi connectivity index (χ2v) is 5.21. The van der Waals surface area contributed by atoms with Gasteiger partial charge in [-0.05, 0) is 55.8 Å². The molecular weight excluding hydrogens is 276 g/mol. The molecule has 0 saturated carbocycles. The smallest absolute Gasteiger partial charge is 0.145 e. The van der Waals surface area contributed by atoms with Crippen LogP contribution in [0.25, 0.3) is 0 Å². The quantitative estimate of drug-likeness (QED) is 0.857. The first kappa shape index (κ1) is 15.1. The van der Waals surface area contributed by atoms with Gasteiger partial charge in [0.1, 0.15) is 11.9 Å². The third-order valence-corrected chi connectivity index (χ3v) is 3.82. The van der Waals surface area contributed by atoms with Gasteiger partial charge in [0.05, 0.1) is 12.8 Å². The van der Waals surface area contributed by atoms with E-state index >= 15 is 0 Å². The fourth-order valence-corrected chi connectivity index (χ4v) is 2.73. The van der Waals surface area contributed by atoms with Gasteiger partial charge in [-0.15, -0.1) is 12.4 Å². The Balaban J connectivity index is 0.00000147. The number of ether oxygens (including phenoxy) is 1. The number of oxime groups is 1. The van der Waals surface area contributed by atoms with E-state index in [1.54, 1.807) is 7.11 Å². The SMILES string of the molecule is COc1ccc(C2=NOC(CN3CCCC3)C2)cc1.Cl. The second kappa shape index (κ2) is 6.95. The van der Waals surface area contributed by atoms with Gasteiger partial charge in [0.2, 0.25) is 0 Å². The largest absolute Gasteiger partial charge is 0.497 e. The van der Waals surface area contributed by atoms with Crippen molar-refractivity contribution in [3.05, 3.63) is 29.8 Å². The van der Waals surface area contributed by atoms with E-state index in [9.17, 15) is 0 Å². The van der Waals surface area contributed by atoms with Gasteiger partial charge in [0.15, 0.2) is 0 Å². The minimum absolute atomic E-state index is 0. The summed E-state index contributed by atoms with van der Waals surface area (Å²) in [7, 11) is 1.68. The summed E-state index contributed by atoms with van der Waals surface area (Å²) in [4.78, 5) is 8.02. The van der Waals surface area contributed by atoms with Crippen molar-refractivity contribution in [3.63, 3.8) is 0 Å². The van der Waals surface area contributed by atoms with E-state index in [1.165, 1.54) is 25.9 Å². The zero-order valence-electron chi connectivity index (χ0n) is 11.7. The maximum atomic E-state index is 5.55. The molecule has 1 atom stereocenters. The molecule has 110 valence electrons. The molecule has 1 saturated heterocycles. The lowest BCUT2D eigenvalue weighted by atomic mass is 10.0. The summed E-state index contributed by atoms with van der Waals surface area (Å²) in [6.07, 6.45) is 3.76. The second-order valence-electron chi connectivity index (χ2n) is 5.21. The van der Waals surface area contributed by atoms with Crippen molar-refractivity contribution in [1.29, 1.82) is 0 Å². The number of hydrogen-bond acceptors (Lipinski definition) is 4. The summed E-state index contributed by atoms with van der Waals surface area (Å²) >= 11 is 0. The van der Waals surface area contributed by atoms with Gasteiger partial charge in [0.25, 0.3) is 0 Å². The third-order valence-electron chi connectivity index (χ3n) is 3.82. The summed E-state index contributed by atoms with van der Waals surface area (Å²) in [6, 6.07) is 8.01. The standard InChI is InChI=1S/C15H20N2O2.ClH/c1-18-13-6-4-12(5-7-13)15-10-14(19-16-15)11-17-8-2-3-9-17;/h4-7,14H,2-3,8-11H2,1H3;1H. The number of hydrogen-bond donors (Lipinski definition) is 0. The Morgan fingerprint density at radius 2 is 1.95 bits per heavy atom. The van der Waals surface area contributed by atoms with Crippen molar-refractivity contribution in [1.82, 2.24) is 4.90 Å². The lowest BCUT2D eigenvalue weighted by Crippen LogP contribution is -2.30. The molecule has 2 aliphatic rings. The maximum absolute atomic E-state index is 5.55. The molecule has 3 rings (SSSR count). The number of rotatable bonds is 4. The Hall–Kier alpha value is -1.26. The first-order valence-corrected chi connectivity index (χ1v) is 6.94. The van der Waals surface area contributed by atoms with Crippen LogP contribution in [0.4, 0.5) is 0 Å². The molecule has 1 fully saturated rings. The normalized spacial score (nSPS) is 22.1. The molecule has 4 nitrogen and oxygen atoms in total. The summed E-state index contributed by atoms with van der Waals surface area (Å²) in [6.45, 7) is 3.42. The first-order chi connectivity index (χ1) is 9.35. The average molecular weight is 297 g/mol. The minimum atomic E-state index is 0. The summed E-state index contributed by atoms with van der Waals surface area (Å²) in [5.74, 6) is 0.872. The lowest BCUT2D eigenvalue weighted by Gasteiger charge is -2.17. The fraction of sp³-hybridized carbons (Fsp3) is 0.533. The van der Waals surface area contributed by atoms with E-state index in [2.05, 4.69) is 10.1 Å². The fourth-order valence-electron chi connectivity index (χ4n) is 2.73. The highest BCUT2D eigenvalue weighted by molar-refractivity contribution is 6.01. The molecule has 1 aromatic carbocycles. The van der Waals surface area contributed by atoms with Gasteiger partial charge in [-0.1, -0.05) is 5.16 Å². The van der Waals surface area contributed by atoms with Crippen molar-refractivity contribution >= 4 is 18.1 Å². The van der Waals surface area contributed by atoms with Crippen LogP contribution in [-0.2, 0) is 4.84 Å². The van der Waals surface area contributed by atoms with Crippen LogP contribution in [0.2, 0.25) is 0 Å². The summed E-state index contributed by atoms with van der Waals surface area (Å²) in [5.41, 5.74) is 2.18. The summed E-state index contributed by atoms with van der Waals surface area (Å²) in [5, 5.41) is 4.23. The Morgan fingerprint density at radius 3 is 2.60 bits per heavy atom. The van der Waals surface area contributed by atoms with Crippen LogP contribution in [0.1, 0.15) is 24.8 Å². The molecule has 1 aromatic rings. The van der Waals surface area contributed by atoms with Crippen LogP contribution >= 0.6 is 12.4 Å². The van der Waals surface area contributed by atoms with Crippen LogP contribution in [0, 0.1) is 0 Å². The van der Waals surface area contributed by atoms with Gasteiger partial charge >= 0.3 is 0 Å². The van der Waals surface area contributed by atoms with Crippen molar-refractivity contribution in [2.75, 3.05) is 26.7 Å². The molecule has 0 spiro atoms. The zero-order valence-corrected chi connectivity index (χ0v) is 12.6. The van der Waals surface area contributed by atoms with Gasteiger partial charge in [-0.25, -0.2) is 0 Å². The van der Waals surface area contributed by atoms with Crippen LogP contribution in [-0.4, -0.2) is 43.5 Å². The highest BCUT2D eigenvalue weighted by Crippen LogP contribution is 2.21. The molecule has 0 amide bonds. The number of halogens is 1. The van der Waals surface area contributed by atoms with Crippen molar-refractivity contribution < 1.29 is 9.57 Å². The van der Waals surface area contributed by atoms with E-state index in [-0.39, 0.29) is 18.5 Å². The highest BCUT2D eigenvalue weighted by atomic mass is 35.5. The van der Waals surface area contributed by atoms with Crippen molar-refractivity contribution in [3.8, 4) is 5.75 Å². The van der Waals surface area contributed by atoms with Crippen LogP contribution in [0.5, 0.6) is 5.75 Å². The van der Waals surface area contributed by atoms with Crippen LogP contribution in [0.3, 0.4) is 0 Å². The number of methoxy groups -OCH3 is 1. The highest BCUT2D eigenvalue weighted by Gasteiger charge is 2.25. The van der Waals surface area contributed by atoms with E-state index in [0.717, 1.165) is 30.0 Å². The Bertz CT molecular complexity index is 455.